The second-order valence-electron chi connectivity index (χ2n) is 11.8. The molecule has 0 bridgehead atoms. The summed E-state index contributed by atoms with van der Waals surface area (Å²) in [5.74, 6) is -2.86. The molecule has 0 spiro atoms. The summed E-state index contributed by atoms with van der Waals surface area (Å²) in [5, 5.41) is 13.9. The second kappa shape index (κ2) is 16.0. The molecule has 0 fully saturated rings. The molecule has 10 nitrogen and oxygen atoms in total. The summed E-state index contributed by atoms with van der Waals surface area (Å²) in [4.78, 5) is 56.7. The van der Waals surface area contributed by atoms with Crippen LogP contribution in [0.2, 0.25) is 5.02 Å². The van der Waals surface area contributed by atoms with E-state index >= 15 is 0 Å². The molecule has 266 valence electrons. The number of benzene rings is 4. The summed E-state index contributed by atoms with van der Waals surface area (Å²) < 4.78 is 41.3. The number of aromatic amines is 1. The number of fused-ring (bicyclic) bond motifs is 2. The number of H-pyrrole nitrogens is 1. The zero-order chi connectivity index (χ0) is 36.7. The van der Waals surface area contributed by atoms with Crippen LogP contribution >= 0.6 is 11.6 Å². The Morgan fingerprint density at radius 1 is 0.725 bits per heavy atom. The first-order valence-electron chi connectivity index (χ1n) is 16.2. The predicted molar refractivity (Wildman–Crippen MR) is 188 cm³/mol. The van der Waals surface area contributed by atoms with Gasteiger partial charge in [0.15, 0.2) is 0 Å². The van der Waals surface area contributed by atoms with Gasteiger partial charge in [0.1, 0.15) is 29.6 Å². The summed E-state index contributed by atoms with van der Waals surface area (Å²) in [5.41, 5.74) is 1.86. The summed E-state index contributed by atoms with van der Waals surface area (Å²) in [7, 11) is 0. The van der Waals surface area contributed by atoms with Gasteiger partial charge in [-0.2, -0.15) is 0 Å². The molecule has 4 amide bonds. The third-order valence-corrected chi connectivity index (χ3v) is 8.38. The Morgan fingerprint density at radius 3 is 2.04 bits per heavy atom. The summed E-state index contributed by atoms with van der Waals surface area (Å²) in [6, 6.07) is 21.6. The van der Waals surface area contributed by atoms with Crippen molar-refractivity contribution in [2.45, 2.75) is 57.6 Å². The van der Waals surface area contributed by atoms with Crippen LogP contribution in [0.3, 0.4) is 0 Å². The van der Waals surface area contributed by atoms with Crippen molar-refractivity contribution in [3.05, 3.63) is 107 Å². The molecule has 0 saturated heterocycles. The maximum absolute atomic E-state index is 13.8. The molecule has 0 radical (unpaired) electrons. The molecule has 4 aromatic carbocycles. The molecule has 5 rings (SSSR count). The average molecular weight is 722 g/mol. The van der Waals surface area contributed by atoms with Crippen LogP contribution in [0.5, 0.6) is 5.75 Å². The normalized spacial score (nSPS) is 13.2. The molecule has 0 unspecified atom stereocenters. The van der Waals surface area contributed by atoms with E-state index in [0.717, 1.165) is 28.5 Å². The van der Waals surface area contributed by atoms with E-state index in [4.69, 9.17) is 11.6 Å². The fourth-order valence-corrected chi connectivity index (χ4v) is 5.67. The highest BCUT2D eigenvalue weighted by atomic mass is 35.5. The Kier molecular flexibility index (Phi) is 11.5. The molecule has 0 aliphatic rings. The highest BCUT2D eigenvalue weighted by Crippen LogP contribution is 2.24. The number of carbonyl (C=O) groups excluding carboxylic acids is 4. The number of amides is 4. The van der Waals surface area contributed by atoms with E-state index in [1.165, 1.54) is 12.1 Å². The smallest absolute Gasteiger partial charge is 0.406 e. The lowest BCUT2D eigenvalue weighted by Crippen LogP contribution is -2.56. The van der Waals surface area contributed by atoms with E-state index < -0.39 is 53.9 Å². The third-order valence-electron chi connectivity index (χ3n) is 8.14. The number of ether oxygens (including phenoxy) is 1. The van der Waals surface area contributed by atoms with Crippen LogP contribution in [0.25, 0.3) is 21.7 Å². The van der Waals surface area contributed by atoms with Crippen molar-refractivity contribution in [2.24, 2.45) is 0 Å². The van der Waals surface area contributed by atoms with Crippen LogP contribution in [0, 0.1) is 0 Å². The summed E-state index contributed by atoms with van der Waals surface area (Å²) >= 11 is 6.11. The average Bonchev–Trinajstić information content (AvgIpc) is 3.52. The SMILES string of the molecule is CC[C@H](NC(=O)[C@H](CC)NC(=O)[C@H](Cc1ccc2ccccc2c1)NC(=O)c1cc2cc(Cl)ccc2[nH]1)C(=O)Nc1ccc(OC(F)(F)F)cc1. The topological polar surface area (TPSA) is 141 Å². The molecule has 5 N–H and O–H groups in total. The molecule has 0 aliphatic carbocycles. The van der Waals surface area contributed by atoms with E-state index in [2.05, 4.69) is 31.0 Å². The lowest BCUT2D eigenvalue weighted by atomic mass is 10.0. The quantitative estimate of drug-likeness (QED) is 0.0927. The molecular weight excluding hydrogens is 687 g/mol. The Morgan fingerprint density at radius 2 is 1.37 bits per heavy atom. The highest BCUT2D eigenvalue weighted by molar-refractivity contribution is 6.31. The van der Waals surface area contributed by atoms with Crippen molar-refractivity contribution in [2.75, 3.05) is 5.32 Å². The van der Waals surface area contributed by atoms with Crippen LogP contribution in [-0.4, -0.2) is 53.1 Å². The number of alkyl halides is 3. The monoisotopic (exact) mass is 721 g/mol. The van der Waals surface area contributed by atoms with Crippen molar-refractivity contribution in [1.29, 1.82) is 0 Å². The van der Waals surface area contributed by atoms with Crippen molar-refractivity contribution in [3.63, 3.8) is 0 Å². The van der Waals surface area contributed by atoms with E-state index in [1.807, 2.05) is 42.5 Å². The van der Waals surface area contributed by atoms with Crippen molar-refractivity contribution < 1.29 is 37.1 Å². The number of carbonyl (C=O) groups is 4. The largest absolute Gasteiger partial charge is 0.573 e. The minimum Gasteiger partial charge on any atom is -0.406 e. The molecule has 5 aromatic rings. The number of nitrogens with one attached hydrogen (secondary N) is 5. The Bertz CT molecular complexity index is 2050. The van der Waals surface area contributed by atoms with E-state index in [-0.39, 0.29) is 30.6 Å². The van der Waals surface area contributed by atoms with Gasteiger partial charge in [-0.15, -0.1) is 13.2 Å². The van der Waals surface area contributed by atoms with Gasteiger partial charge in [-0.1, -0.05) is 67.9 Å². The Labute approximate surface area is 296 Å². The number of anilines is 1. The summed E-state index contributed by atoms with van der Waals surface area (Å²) in [6.45, 7) is 3.35. The molecule has 0 aliphatic heterocycles. The first-order valence-corrected chi connectivity index (χ1v) is 16.5. The number of rotatable bonds is 13. The minimum absolute atomic E-state index is 0.110. The van der Waals surface area contributed by atoms with Gasteiger partial charge in [-0.25, -0.2) is 0 Å². The van der Waals surface area contributed by atoms with Gasteiger partial charge in [0, 0.05) is 28.0 Å². The van der Waals surface area contributed by atoms with Crippen LogP contribution < -0.4 is 26.0 Å². The Hall–Kier alpha value is -5.56. The zero-order valence-electron chi connectivity index (χ0n) is 27.6. The number of aromatic nitrogens is 1. The van der Waals surface area contributed by atoms with Crippen LogP contribution in [0.1, 0.15) is 42.7 Å². The predicted octanol–water partition coefficient (Wildman–Crippen LogP) is 6.64. The molecule has 3 atom stereocenters. The molecule has 0 saturated carbocycles. The van der Waals surface area contributed by atoms with Gasteiger partial charge < -0.3 is 31.0 Å². The lowest BCUT2D eigenvalue weighted by molar-refractivity contribution is -0.274. The third kappa shape index (κ3) is 9.79. The van der Waals surface area contributed by atoms with Gasteiger partial charge in [0.2, 0.25) is 17.7 Å². The number of hydrogen-bond acceptors (Lipinski definition) is 5. The molecule has 1 aromatic heterocycles. The standard InChI is InChI=1S/C37H35ClF3N5O5/c1-3-28(33(47)42-26-12-14-27(15-13-26)51-37(39,40)41)44-34(48)29(4-2)45-35(49)31(18-21-9-10-22-7-5-6-8-23(22)17-21)46-36(50)32-20-24-19-25(38)11-16-30(24)43-32/h5-17,19-20,28-29,31,43H,3-4,18H2,1-2H3,(H,42,47)(H,44,48)(H,45,49)(H,46,50)/t28-,29-,31-/m0/s1. The van der Waals surface area contributed by atoms with Crippen molar-refractivity contribution in [1.82, 2.24) is 20.9 Å². The van der Waals surface area contributed by atoms with E-state index in [0.29, 0.717) is 15.9 Å². The number of hydrogen-bond donors (Lipinski definition) is 5. The van der Waals surface area contributed by atoms with Crippen LogP contribution in [0.4, 0.5) is 18.9 Å². The fraction of sp³-hybridized carbons (Fsp3) is 0.243. The van der Waals surface area contributed by atoms with Gasteiger partial charge >= 0.3 is 6.36 Å². The van der Waals surface area contributed by atoms with Crippen LogP contribution in [0.15, 0.2) is 91.0 Å². The van der Waals surface area contributed by atoms with Crippen molar-refractivity contribution in [3.8, 4) is 5.75 Å². The lowest BCUT2D eigenvalue weighted by Gasteiger charge is -2.24. The first kappa shape index (κ1) is 36.7. The van der Waals surface area contributed by atoms with Crippen molar-refractivity contribution >= 4 is 62.6 Å². The van der Waals surface area contributed by atoms with E-state index in [9.17, 15) is 32.3 Å². The van der Waals surface area contributed by atoms with Gasteiger partial charge in [0.05, 0.1) is 0 Å². The van der Waals surface area contributed by atoms with Gasteiger partial charge in [-0.05, 0) is 77.7 Å². The van der Waals surface area contributed by atoms with Gasteiger partial charge in [0.25, 0.3) is 5.91 Å². The molecule has 51 heavy (non-hydrogen) atoms. The van der Waals surface area contributed by atoms with Crippen LogP contribution in [-0.2, 0) is 20.8 Å². The number of halogens is 4. The Balaban J connectivity index is 1.28. The fourth-order valence-electron chi connectivity index (χ4n) is 5.49. The molecular formula is C37H35ClF3N5O5. The zero-order valence-corrected chi connectivity index (χ0v) is 28.3. The minimum atomic E-state index is -4.86. The second-order valence-corrected chi connectivity index (χ2v) is 12.3. The maximum atomic E-state index is 13.8. The first-order chi connectivity index (χ1) is 24.3. The van der Waals surface area contributed by atoms with E-state index in [1.54, 1.807) is 38.1 Å². The molecule has 14 heteroatoms. The summed E-state index contributed by atoms with van der Waals surface area (Å²) in [6.07, 6.45) is -4.41. The maximum Gasteiger partial charge on any atom is 0.573 e. The van der Waals surface area contributed by atoms with Gasteiger partial charge in [-0.3, -0.25) is 19.2 Å². The highest BCUT2D eigenvalue weighted by Gasteiger charge is 2.31. The molecule has 1 heterocycles.